The number of carbonyl (C=O) groups is 1. The molecule has 0 atom stereocenters. The summed E-state index contributed by atoms with van der Waals surface area (Å²) in [6.07, 6.45) is -1.06. The predicted octanol–water partition coefficient (Wildman–Crippen LogP) is 0.239. The van der Waals surface area contributed by atoms with Gasteiger partial charge in [0, 0.05) is 7.05 Å². The van der Waals surface area contributed by atoms with Gasteiger partial charge in [0.1, 0.15) is 5.75 Å². The Hall–Kier alpha value is -1.60. The van der Waals surface area contributed by atoms with Gasteiger partial charge in [0.2, 0.25) is 0 Å². The van der Waals surface area contributed by atoms with Crippen LogP contribution in [0.15, 0.2) is 30.3 Å². The van der Waals surface area contributed by atoms with Crippen LogP contribution in [0.4, 0.5) is 4.79 Å². The van der Waals surface area contributed by atoms with Crippen molar-refractivity contribution in [3.63, 3.8) is 0 Å². The number of hydrogen-bond acceptors (Lipinski definition) is 4. The zero-order valence-electron chi connectivity index (χ0n) is 7.93. The minimum atomic E-state index is -3.81. The molecule has 2 N–H and O–H groups in total. The van der Waals surface area contributed by atoms with Crippen molar-refractivity contribution in [2.75, 3.05) is 7.05 Å². The topological polar surface area (TPSA) is 84.5 Å². The average molecular weight is 230 g/mol. The maximum absolute atomic E-state index is 11.0. The Labute approximate surface area is 87.4 Å². The highest BCUT2D eigenvalue weighted by molar-refractivity contribution is 7.88. The molecule has 1 rings (SSSR count). The largest absolute Gasteiger partial charge is 0.427 e. The van der Waals surface area contributed by atoms with Crippen LogP contribution in [-0.4, -0.2) is 21.6 Å². The second kappa shape index (κ2) is 4.76. The van der Waals surface area contributed by atoms with Crippen LogP contribution in [0.5, 0.6) is 5.75 Å². The summed E-state index contributed by atoms with van der Waals surface area (Å²) in [6.45, 7) is 0. The van der Waals surface area contributed by atoms with Gasteiger partial charge in [0.25, 0.3) is 0 Å². The standard InChI is InChI=1S/C8H10N2O4S/c1-9-15(12,13)10-8(11)14-7-5-3-2-4-6-7/h2-6,9H,1H3,(H,10,11). The Morgan fingerprint density at radius 3 is 2.40 bits per heavy atom. The Bertz CT molecular complexity index is 429. The van der Waals surface area contributed by atoms with Crippen molar-refractivity contribution in [2.45, 2.75) is 0 Å². The molecule has 0 fully saturated rings. The molecule has 0 aliphatic carbocycles. The van der Waals surface area contributed by atoms with Gasteiger partial charge in [0.05, 0.1) is 0 Å². The van der Waals surface area contributed by atoms with Gasteiger partial charge in [0.15, 0.2) is 0 Å². The highest BCUT2D eigenvalue weighted by atomic mass is 32.2. The molecular weight excluding hydrogens is 220 g/mol. The highest BCUT2D eigenvalue weighted by Crippen LogP contribution is 2.08. The maximum atomic E-state index is 11.0. The lowest BCUT2D eigenvalue weighted by atomic mass is 10.3. The Morgan fingerprint density at radius 1 is 1.27 bits per heavy atom. The number of para-hydroxylation sites is 1. The quantitative estimate of drug-likeness (QED) is 0.779. The van der Waals surface area contributed by atoms with Gasteiger partial charge in [-0.1, -0.05) is 18.2 Å². The molecule has 0 bridgehead atoms. The molecule has 1 aromatic carbocycles. The van der Waals surface area contributed by atoms with Crippen LogP contribution in [0.1, 0.15) is 0 Å². The number of nitrogens with one attached hydrogen (secondary N) is 2. The summed E-state index contributed by atoms with van der Waals surface area (Å²) in [4.78, 5) is 11.0. The molecule has 15 heavy (non-hydrogen) atoms. The maximum Gasteiger partial charge on any atom is 0.427 e. The van der Waals surface area contributed by atoms with Crippen LogP contribution in [-0.2, 0) is 10.2 Å². The summed E-state index contributed by atoms with van der Waals surface area (Å²) < 4.78 is 30.0. The van der Waals surface area contributed by atoms with Crippen LogP contribution >= 0.6 is 0 Å². The molecule has 0 saturated carbocycles. The third-order valence-electron chi connectivity index (χ3n) is 1.44. The van der Waals surface area contributed by atoms with Gasteiger partial charge >= 0.3 is 16.3 Å². The number of benzene rings is 1. The monoisotopic (exact) mass is 230 g/mol. The van der Waals surface area contributed by atoms with E-state index in [0.717, 1.165) is 0 Å². The first-order valence-corrected chi connectivity index (χ1v) is 5.50. The van der Waals surface area contributed by atoms with E-state index in [1.165, 1.54) is 19.2 Å². The summed E-state index contributed by atoms with van der Waals surface area (Å²) in [5.41, 5.74) is 0. The fourth-order valence-electron chi connectivity index (χ4n) is 0.777. The van der Waals surface area contributed by atoms with Gasteiger partial charge < -0.3 is 4.74 Å². The van der Waals surface area contributed by atoms with E-state index in [1.807, 2.05) is 4.72 Å². The minimum Gasteiger partial charge on any atom is -0.410 e. The SMILES string of the molecule is CNS(=O)(=O)NC(=O)Oc1ccccc1. The van der Waals surface area contributed by atoms with Crippen molar-refractivity contribution in [1.29, 1.82) is 0 Å². The summed E-state index contributed by atoms with van der Waals surface area (Å²) in [5, 5.41) is 0. The lowest BCUT2D eigenvalue weighted by molar-refractivity contribution is 0.206. The van der Waals surface area contributed by atoms with Gasteiger partial charge in [-0.3, -0.25) is 0 Å². The second-order valence-corrected chi connectivity index (χ2v) is 4.13. The van der Waals surface area contributed by atoms with Crippen LogP contribution in [0, 0.1) is 0 Å². The fraction of sp³-hybridized carbons (Fsp3) is 0.125. The first kappa shape index (κ1) is 11.5. The number of hydrogen-bond donors (Lipinski definition) is 2. The molecule has 0 spiro atoms. The van der Waals surface area contributed by atoms with Gasteiger partial charge in [-0.25, -0.2) is 14.2 Å². The third kappa shape index (κ3) is 3.96. The molecule has 0 aliphatic heterocycles. The molecule has 0 radical (unpaired) electrons. The van der Waals surface area contributed by atoms with E-state index in [2.05, 4.69) is 4.74 Å². The van der Waals surface area contributed by atoms with Crippen LogP contribution in [0.25, 0.3) is 0 Å². The Morgan fingerprint density at radius 2 is 1.87 bits per heavy atom. The van der Waals surface area contributed by atoms with Crippen molar-refractivity contribution in [3.05, 3.63) is 30.3 Å². The van der Waals surface area contributed by atoms with E-state index in [9.17, 15) is 13.2 Å². The van der Waals surface area contributed by atoms with Crippen LogP contribution in [0.2, 0.25) is 0 Å². The van der Waals surface area contributed by atoms with Crippen molar-refractivity contribution in [1.82, 2.24) is 9.44 Å². The Kier molecular flexibility index (Phi) is 3.64. The molecule has 0 unspecified atom stereocenters. The van der Waals surface area contributed by atoms with E-state index >= 15 is 0 Å². The lowest BCUT2D eigenvalue weighted by Crippen LogP contribution is -2.39. The minimum absolute atomic E-state index is 0.265. The van der Waals surface area contributed by atoms with Gasteiger partial charge in [-0.2, -0.15) is 8.42 Å². The van der Waals surface area contributed by atoms with Gasteiger partial charge in [-0.15, -0.1) is 0 Å². The predicted molar refractivity (Wildman–Crippen MR) is 53.6 cm³/mol. The van der Waals surface area contributed by atoms with Crippen LogP contribution in [0.3, 0.4) is 0 Å². The third-order valence-corrected chi connectivity index (χ3v) is 2.41. The van der Waals surface area contributed by atoms with Crippen molar-refractivity contribution in [2.24, 2.45) is 0 Å². The normalized spacial score (nSPS) is 10.7. The number of amides is 1. The molecule has 0 saturated heterocycles. The Balaban J connectivity index is 2.58. The summed E-state index contributed by atoms with van der Waals surface area (Å²) in [5.74, 6) is 0.265. The number of ether oxygens (including phenoxy) is 1. The lowest BCUT2D eigenvalue weighted by Gasteiger charge is -2.05. The molecule has 0 aliphatic rings. The molecule has 82 valence electrons. The average Bonchev–Trinajstić information content (AvgIpc) is 2.18. The van der Waals surface area contributed by atoms with Crippen molar-refractivity contribution in [3.8, 4) is 5.75 Å². The number of carbonyl (C=O) groups excluding carboxylic acids is 1. The molecule has 0 aromatic heterocycles. The van der Waals surface area contributed by atoms with E-state index in [4.69, 9.17) is 0 Å². The molecule has 1 amide bonds. The summed E-state index contributed by atoms with van der Waals surface area (Å²) in [6, 6.07) is 8.14. The first-order chi connectivity index (χ1) is 7.03. The molecule has 6 nitrogen and oxygen atoms in total. The highest BCUT2D eigenvalue weighted by Gasteiger charge is 2.12. The van der Waals surface area contributed by atoms with Gasteiger partial charge in [-0.05, 0) is 12.1 Å². The molecule has 1 aromatic rings. The fourth-order valence-corrected chi connectivity index (χ4v) is 1.14. The zero-order chi connectivity index (χ0) is 11.3. The van der Waals surface area contributed by atoms with E-state index in [-0.39, 0.29) is 5.75 Å². The van der Waals surface area contributed by atoms with E-state index in [0.29, 0.717) is 0 Å². The second-order valence-electron chi connectivity index (χ2n) is 2.51. The van der Waals surface area contributed by atoms with Crippen molar-refractivity contribution >= 4 is 16.3 Å². The summed E-state index contributed by atoms with van der Waals surface area (Å²) >= 11 is 0. The zero-order valence-corrected chi connectivity index (χ0v) is 8.74. The van der Waals surface area contributed by atoms with Crippen molar-refractivity contribution < 1.29 is 17.9 Å². The molecule has 0 heterocycles. The number of rotatable bonds is 3. The smallest absolute Gasteiger partial charge is 0.410 e. The first-order valence-electron chi connectivity index (χ1n) is 4.01. The summed E-state index contributed by atoms with van der Waals surface area (Å²) in [7, 11) is -2.63. The molecular formula is C8H10N2O4S. The van der Waals surface area contributed by atoms with Crippen LogP contribution < -0.4 is 14.2 Å². The van der Waals surface area contributed by atoms with E-state index < -0.39 is 16.3 Å². The molecule has 7 heteroatoms. The van der Waals surface area contributed by atoms with E-state index in [1.54, 1.807) is 22.9 Å².